The van der Waals surface area contributed by atoms with Gasteiger partial charge in [-0.2, -0.15) is 0 Å². The van der Waals surface area contributed by atoms with Crippen LogP contribution in [0.4, 0.5) is 0 Å². The van der Waals surface area contributed by atoms with Crippen molar-refractivity contribution in [2.45, 2.75) is 20.0 Å². The number of hydrogen-bond acceptors (Lipinski definition) is 3. The molecule has 4 nitrogen and oxygen atoms in total. The van der Waals surface area contributed by atoms with E-state index in [0.29, 0.717) is 25.3 Å². The van der Waals surface area contributed by atoms with E-state index in [1.54, 1.807) is 7.11 Å². The summed E-state index contributed by atoms with van der Waals surface area (Å²) >= 11 is 0. The van der Waals surface area contributed by atoms with Gasteiger partial charge in [-0.3, -0.25) is 4.79 Å². The number of methoxy groups -OCH3 is 1. The van der Waals surface area contributed by atoms with Gasteiger partial charge in [0.05, 0.1) is 13.2 Å². The number of carbonyl (C=O) groups is 1. The smallest absolute Gasteiger partial charge is 0.253 e. The van der Waals surface area contributed by atoms with E-state index < -0.39 is 0 Å². The lowest BCUT2D eigenvalue weighted by molar-refractivity contribution is 0.0695. The predicted molar refractivity (Wildman–Crippen MR) is 95.9 cm³/mol. The molecule has 0 aliphatic heterocycles. The maximum absolute atomic E-state index is 12.8. The second-order valence-electron chi connectivity index (χ2n) is 5.68. The fourth-order valence-electron chi connectivity index (χ4n) is 2.73. The lowest BCUT2D eigenvalue weighted by Gasteiger charge is -2.22. The van der Waals surface area contributed by atoms with E-state index in [0.717, 1.165) is 23.1 Å². The Morgan fingerprint density at radius 1 is 1.12 bits per heavy atom. The summed E-state index contributed by atoms with van der Waals surface area (Å²) in [6.07, 6.45) is 0.905. The van der Waals surface area contributed by atoms with Crippen LogP contribution in [-0.2, 0) is 11.3 Å². The van der Waals surface area contributed by atoms with E-state index in [1.807, 2.05) is 53.4 Å². The molecule has 0 radical (unpaired) electrons. The highest BCUT2D eigenvalue weighted by atomic mass is 16.5. The van der Waals surface area contributed by atoms with Crippen LogP contribution in [0.5, 0.6) is 0 Å². The SMILES string of the molecule is CCCN(CCOC)C(=O)c1cccc(-c2ccccc2CO)c1. The first-order chi connectivity index (χ1) is 11.7. The van der Waals surface area contributed by atoms with Crippen molar-refractivity contribution < 1.29 is 14.6 Å². The molecule has 24 heavy (non-hydrogen) atoms. The molecule has 0 saturated heterocycles. The first-order valence-corrected chi connectivity index (χ1v) is 8.28. The van der Waals surface area contributed by atoms with Crippen LogP contribution < -0.4 is 0 Å². The lowest BCUT2D eigenvalue weighted by Crippen LogP contribution is -2.34. The zero-order valence-electron chi connectivity index (χ0n) is 14.4. The number of rotatable bonds is 8. The summed E-state index contributed by atoms with van der Waals surface area (Å²) in [5, 5.41) is 9.52. The summed E-state index contributed by atoms with van der Waals surface area (Å²) in [6, 6.07) is 15.3. The number of carbonyl (C=O) groups excluding carboxylic acids is 1. The van der Waals surface area contributed by atoms with Crippen LogP contribution in [0.3, 0.4) is 0 Å². The van der Waals surface area contributed by atoms with Crippen LogP contribution in [0.2, 0.25) is 0 Å². The standard InChI is InChI=1S/C20H25NO3/c1-3-11-21(12-13-24-2)20(23)17-9-6-8-16(14-17)19-10-5-4-7-18(19)15-22/h4-10,14,22H,3,11-13,15H2,1-2H3. The topological polar surface area (TPSA) is 49.8 Å². The number of benzene rings is 2. The Hall–Kier alpha value is -2.17. The van der Waals surface area contributed by atoms with Crippen LogP contribution in [-0.4, -0.2) is 42.7 Å². The number of ether oxygens (including phenoxy) is 1. The summed E-state index contributed by atoms with van der Waals surface area (Å²) in [7, 11) is 1.64. The maximum atomic E-state index is 12.8. The van der Waals surface area contributed by atoms with Crippen molar-refractivity contribution in [1.29, 1.82) is 0 Å². The highest BCUT2D eigenvalue weighted by molar-refractivity contribution is 5.95. The molecule has 1 amide bonds. The molecule has 0 aliphatic carbocycles. The number of amides is 1. The number of nitrogens with zero attached hydrogens (tertiary/aromatic N) is 1. The second kappa shape index (κ2) is 9.21. The molecule has 0 fully saturated rings. The van der Waals surface area contributed by atoms with Crippen LogP contribution in [0.25, 0.3) is 11.1 Å². The van der Waals surface area contributed by atoms with E-state index in [1.165, 1.54) is 0 Å². The zero-order valence-corrected chi connectivity index (χ0v) is 14.4. The van der Waals surface area contributed by atoms with Crippen molar-refractivity contribution in [3.8, 4) is 11.1 Å². The van der Waals surface area contributed by atoms with Gasteiger partial charge in [0, 0.05) is 25.8 Å². The van der Waals surface area contributed by atoms with E-state index in [4.69, 9.17) is 4.74 Å². The molecule has 2 aromatic carbocycles. The monoisotopic (exact) mass is 327 g/mol. The summed E-state index contributed by atoms with van der Waals surface area (Å²) < 4.78 is 5.11. The van der Waals surface area contributed by atoms with Crippen LogP contribution >= 0.6 is 0 Å². The minimum Gasteiger partial charge on any atom is -0.392 e. The Balaban J connectivity index is 2.30. The lowest BCUT2D eigenvalue weighted by atomic mass is 9.98. The number of aliphatic hydroxyl groups is 1. The van der Waals surface area contributed by atoms with Crippen LogP contribution in [0.15, 0.2) is 48.5 Å². The summed E-state index contributed by atoms with van der Waals surface area (Å²) in [6.45, 7) is 3.85. The van der Waals surface area contributed by atoms with Gasteiger partial charge in [0.2, 0.25) is 0 Å². The van der Waals surface area contributed by atoms with Crippen molar-refractivity contribution in [3.63, 3.8) is 0 Å². The van der Waals surface area contributed by atoms with E-state index in [9.17, 15) is 9.90 Å². The summed E-state index contributed by atoms with van der Waals surface area (Å²) in [5.74, 6) is 0.0113. The van der Waals surface area contributed by atoms with E-state index in [2.05, 4.69) is 6.92 Å². The van der Waals surface area contributed by atoms with Gasteiger partial charge >= 0.3 is 0 Å². The molecule has 0 unspecified atom stereocenters. The second-order valence-corrected chi connectivity index (χ2v) is 5.68. The molecule has 4 heteroatoms. The molecular formula is C20H25NO3. The zero-order chi connectivity index (χ0) is 17.4. The highest BCUT2D eigenvalue weighted by Crippen LogP contribution is 2.25. The van der Waals surface area contributed by atoms with Gasteiger partial charge in [0.15, 0.2) is 0 Å². The van der Waals surface area contributed by atoms with Crippen LogP contribution in [0, 0.1) is 0 Å². The normalized spacial score (nSPS) is 10.6. The minimum atomic E-state index is -0.0237. The molecule has 0 saturated carbocycles. The van der Waals surface area contributed by atoms with Crippen molar-refractivity contribution >= 4 is 5.91 Å². The average Bonchev–Trinajstić information content (AvgIpc) is 2.64. The molecule has 1 N–H and O–H groups in total. The fourth-order valence-corrected chi connectivity index (χ4v) is 2.73. The highest BCUT2D eigenvalue weighted by Gasteiger charge is 2.15. The first-order valence-electron chi connectivity index (χ1n) is 8.28. The van der Waals surface area contributed by atoms with Gasteiger partial charge in [0.1, 0.15) is 0 Å². The average molecular weight is 327 g/mol. The fraction of sp³-hybridized carbons (Fsp3) is 0.350. The van der Waals surface area contributed by atoms with Crippen LogP contribution in [0.1, 0.15) is 29.3 Å². The Morgan fingerprint density at radius 2 is 1.92 bits per heavy atom. The Morgan fingerprint density at radius 3 is 2.62 bits per heavy atom. The summed E-state index contributed by atoms with van der Waals surface area (Å²) in [4.78, 5) is 14.6. The number of aliphatic hydroxyl groups excluding tert-OH is 1. The Labute approximate surface area is 143 Å². The molecule has 2 aromatic rings. The van der Waals surface area contributed by atoms with E-state index >= 15 is 0 Å². The first kappa shape index (κ1) is 18.2. The largest absolute Gasteiger partial charge is 0.392 e. The van der Waals surface area contributed by atoms with Crippen molar-refractivity contribution in [2.24, 2.45) is 0 Å². The van der Waals surface area contributed by atoms with Gasteiger partial charge in [-0.1, -0.05) is 43.3 Å². The van der Waals surface area contributed by atoms with Gasteiger partial charge in [-0.05, 0) is 35.2 Å². The third-order valence-electron chi connectivity index (χ3n) is 3.95. The summed E-state index contributed by atoms with van der Waals surface area (Å²) in [5.41, 5.74) is 3.40. The van der Waals surface area contributed by atoms with Gasteiger partial charge in [0.25, 0.3) is 5.91 Å². The molecule has 0 aromatic heterocycles. The predicted octanol–water partition coefficient (Wildman–Crippen LogP) is 3.34. The Bertz CT molecular complexity index is 669. The van der Waals surface area contributed by atoms with Crippen molar-refractivity contribution in [1.82, 2.24) is 4.90 Å². The molecule has 0 bridgehead atoms. The molecular weight excluding hydrogens is 302 g/mol. The molecule has 0 atom stereocenters. The quantitative estimate of drug-likeness (QED) is 0.809. The third-order valence-corrected chi connectivity index (χ3v) is 3.95. The molecule has 0 aliphatic rings. The van der Waals surface area contributed by atoms with E-state index in [-0.39, 0.29) is 12.5 Å². The minimum absolute atomic E-state index is 0.0113. The molecule has 2 rings (SSSR count). The molecule has 128 valence electrons. The van der Waals surface area contributed by atoms with Crippen molar-refractivity contribution in [2.75, 3.05) is 26.8 Å². The molecule has 0 heterocycles. The van der Waals surface area contributed by atoms with Gasteiger partial charge in [-0.25, -0.2) is 0 Å². The van der Waals surface area contributed by atoms with Gasteiger partial charge < -0.3 is 14.7 Å². The maximum Gasteiger partial charge on any atom is 0.253 e. The van der Waals surface area contributed by atoms with Gasteiger partial charge in [-0.15, -0.1) is 0 Å². The molecule has 0 spiro atoms. The van der Waals surface area contributed by atoms with Crippen molar-refractivity contribution in [3.05, 3.63) is 59.7 Å². The third kappa shape index (κ3) is 4.43. The number of hydrogen-bond donors (Lipinski definition) is 1. The Kier molecular flexibility index (Phi) is 6.97.